The highest BCUT2D eigenvalue weighted by molar-refractivity contribution is 8.05. The number of esters is 1. The third-order valence-electron chi connectivity index (χ3n) is 3.79. The minimum absolute atomic E-state index is 0.369. The summed E-state index contributed by atoms with van der Waals surface area (Å²) in [6.07, 6.45) is 0. The Morgan fingerprint density at radius 1 is 0.760 bits per heavy atom. The number of carbonyl (C=O) groups excluding carboxylic acids is 1. The molecule has 0 bridgehead atoms. The molecule has 0 unspecified atom stereocenters. The van der Waals surface area contributed by atoms with E-state index in [1.807, 2.05) is 42.5 Å². The number of hydrogen-bond donors (Lipinski definition) is 0. The van der Waals surface area contributed by atoms with Crippen molar-refractivity contribution in [2.45, 2.75) is 19.6 Å². The molecule has 0 spiro atoms. The summed E-state index contributed by atoms with van der Waals surface area (Å²) in [4.78, 5) is 17.1. The van der Waals surface area contributed by atoms with Crippen LogP contribution >= 0.6 is 23.5 Å². The van der Waals surface area contributed by atoms with Gasteiger partial charge in [0.25, 0.3) is 0 Å². The van der Waals surface area contributed by atoms with Crippen molar-refractivity contribution in [1.82, 2.24) is 0 Å². The maximum absolute atomic E-state index is 12.5. The normalized spacial score (nSPS) is 12.0. The molecule has 4 heteroatoms. The minimum atomic E-state index is -0.427. The van der Waals surface area contributed by atoms with Crippen molar-refractivity contribution in [3.05, 3.63) is 84.9 Å². The van der Waals surface area contributed by atoms with E-state index >= 15 is 0 Å². The summed E-state index contributed by atoms with van der Waals surface area (Å²) in [5, 5.41) is 0. The van der Waals surface area contributed by atoms with E-state index in [-0.39, 0.29) is 0 Å². The second-order valence-corrected chi connectivity index (χ2v) is 7.60. The van der Waals surface area contributed by atoms with E-state index in [1.54, 1.807) is 35.7 Å². The highest BCUT2D eigenvalue weighted by Crippen LogP contribution is 2.50. The van der Waals surface area contributed by atoms with E-state index in [1.165, 1.54) is 9.79 Å². The molecular formula is C21H14O2S2. The van der Waals surface area contributed by atoms with Gasteiger partial charge in [-0.2, -0.15) is 0 Å². The van der Waals surface area contributed by atoms with E-state index in [9.17, 15) is 4.79 Å². The van der Waals surface area contributed by atoms with Crippen molar-refractivity contribution >= 4 is 35.1 Å². The Hall–Kier alpha value is -2.43. The number of ether oxygens (including phenoxy) is 1. The fraction of sp³-hybridized carbons (Fsp3) is 0. The van der Waals surface area contributed by atoms with E-state index < -0.39 is 5.97 Å². The molecule has 0 amide bonds. The molecule has 0 aliphatic carbocycles. The summed E-state index contributed by atoms with van der Waals surface area (Å²) in [6.45, 7) is 3.99. The van der Waals surface area contributed by atoms with Gasteiger partial charge < -0.3 is 4.74 Å². The molecule has 0 fully saturated rings. The molecule has 4 rings (SSSR count). The standard InChI is InChI=1S/C21H14O2S2/c1-14(21(22)23-15-8-3-2-4-9-15)16-10-7-13-19-20(16)25-18-12-6-5-11-17(18)24-19/h2-13H,1H2. The van der Waals surface area contributed by atoms with Gasteiger partial charge in [0, 0.05) is 25.1 Å². The SMILES string of the molecule is C=C(C(=O)Oc1ccccc1)c1cccc2c1Sc1ccccc1S2. The molecule has 1 aliphatic rings. The number of hydrogen-bond acceptors (Lipinski definition) is 4. The quantitative estimate of drug-likeness (QED) is 0.257. The number of rotatable bonds is 3. The molecule has 0 atom stereocenters. The molecule has 0 saturated carbocycles. The third kappa shape index (κ3) is 3.23. The van der Waals surface area contributed by atoms with Crippen LogP contribution in [0.1, 0.15) is 5.56 Å². The van der Waals surface area contributed by atoms with E-state index in [2.05, 4.69) is 24.8 Å². The molecule has 25 heavy (non-hydrogen) atoms. The van der Waals surface area contributed by atoms with E-state index in [0.717, 1.165) is 15.4 Å². The largest absolute Gasteiger partial charge is 0.423 e. The van der Waals surface area contributed by atoms with Gasteiger partial charge in [0.1, 0.15) is 5.75 Å². The summed E-state index contributed by atoms with van der Waals surface area (Å²) >= 11 is 3.39. The summed E-state index contributed by atoms with van der Waals surface area (Å²) in [7, 11) is 0. The lowest BCUT2D eigenvalue weighted by Gasteiger charge is -2.21. The van der Waals surface area contributed by atoms with Gasteiger partial charge in [0.05, 0.1) is 5.57 Å². The Kier molecular flexibility index (Phi) is 4.38. The van der Waals surface area contributed by atoms with Gasteiger partial charge in [-0.05, 0) is 30.3 Å². The molecule has 1 heterocycles. The van der Waals surface area contributed by atoms with Crippen molar-refractivity contribution in [2.75, 3.05) is 0 Å². The average Bonchev–Trinajstić information content (AvgIpc) is 2.66. The van der Waals surface area contributed by atoms with Crippen molar-refractivity contribution in [2.24, 2.45) is 0 Å². The first-order valence-corrected chi connectivity index (χ1v) is 9.40. The fourth-order valence-corrected chi connectivity index (χ4v) is 4.96. The van der Waals surface area contributed by atoms with Gasteiger partial charge in [-0.15, -0.1) is 0 Å². The molecule has 3 aromatic rings. The van der Waals surface area contributed by atoms with Crippen LogP contribution in [0.3, 0.4) is 0 Å². The van der Waals surface area contributed by atoms with Crippen LogP contribution in [-0.2, 0) is 4.79 Å². The highest BCUT2D eigenvalue weighted by Gasteiger charge is 2.23. The van der Waals surface area contributed by atoms with Gasteiger partial charge in [-0.1, -0.05) is 72.6 Å². The third-order valence-corrected chi connectivity index (χ3v) is 6.40. The maximum atomic E-state index is 12.5. The second kappa shape index (κ2) is 6.82. The highest BCUT2D eigenvalue weighted by atomic mass is 32.2. The van der Waals surface area contributed by atoms with Crippen LogP contribution in [0.25, 0.3) is 5.57 Å². The van der Waals surface area contributed by atoms with Gasteiger partial charge in [-0.25, -0.2) is 4.79 Å². The van der Waals surface area contributed by atoms with Gasteiger partial charge in [0.2, 0.25) is 0 Å². The summed E-state index contributed by atoms with van der Waals surface area (Å²) in [5.74, 6) is 0.0925. The number of para-hydroxylation sites is 1. The summed E-state index contributed by atoms with van der Waals surface area (Å²) in [6, 6.07) is 23.3. The van der Waals surface area contributed by atoms with Crippen molar-refractivity contribution in [3.63, 3.8) is 0 Å². The average molecular weight is 362 g/mol. The lowest BCUT2D eigenvalue weighted by molar-refractivity contribution is -0.127. The predicted molar refractivity (Wildman–Crippen MR) is 102 cm³/mol. The first-order chi connectivity index (χ1) is 12.2. The van der Waals surface area contributed by atoms with Crippen LogP contribution in [0, 0.1) is 0 Å². The minimum Gasteiger partial charge on any atom is -0.423 e. The van der Waals surface area contributed by atoms with E-state index in [4.69, 9.17) is 4.74 Å². The maximum Gasteiger partial charge on any atom is 0.343 e. The molecule has 122 valence electrons. The Labute approximate surface area is 154 Å². The van der Waals surface area contributed by atoms with Gasteiger partial charge >= 0.3 is 5.97 Å². The number of carbonyl (C=O) groups is 1. The Morgan fingerprint density at radius 3 is 2.16 bits per heavy atom. The van der Waals surface area contributed by atoms with Crippen molar-refractivity contribution in [3.8, 4) is 5.75 Å². The topological polar surface area (TPSA) is 26.3 Å². The zero-order chi connectivity index (χ0) is 17.2. The fourth-order valence-electron chi connectivity index (χ4n) is 2.55. The Morgan fingerprint density at radius 2 is 1.40 bits per heavy atom. The van der Waals surface area contributed by atoms with E-state index in [0.29, 0.717) is 11.3 Å². The molecule has 0 aromatic heterocycles. The molecule has 1 aliphatic heterocycles. The monoisotopic (exact) mass is 362 g/mol. The number of benzene rings is 3. The zero-order valence-corrected chi connectivity index (χ0v) is 14.9. The molecule has 0 radical (unpaired) electrons. The van der Waals surface area contributed by atoms with Crippen LogP contribution in [0.2, 0.25) is 0 Å². The summed E-state index contributed by atoms with van der Waals surface area (Å²) in [5.41, 5.74) is 1.19. The first-order valence-electron chi connectivity index (χ1n) is 7.76. The molecule has 0 saturated heterocycles. The van der Waals surface area contributed by atoms with Crippen LogP contribution in [0.4, 0.5) is 0 Å². The molecular weight excluding hydrogens is 348 g/mol. The van der Waals surface area contributed by atoms with Crippen LogP contribution < -0.4 is 4.74 Å². The van der Waals surface area contributed by atoms with Gasteiger partial charge in [0.15, 0.2) is 0 Å². The van der Waals surface area contributed by atoms with Crippen molar-refractivity contribution in [1.29, 1.82) is 0 Å². The molecule has 2 nitrogen and oxygen atoms in total. The lowest BCUT2D eigenvalue weighted by atomic mass is 10.1. The van der Waals surface area contributed by atoms with Crippen LogP contribution in [0.15, 0.2) is 99.0 Å². The van der Waals surface area contributed by atoms with Crippen LogP contribution in [0.5, 0.6) is 5.75 Å². The lowest BCUT2D eigenvalue weighted by Crippen LogP contribution is -2.10. The first kappa shape index (κ1) is 16.1. The predicted octanol–water partition coefficient (Wildman–Crippen LogP) is 5.92. The van der Waals surface area contributed by atoms with Crippen LogP contribution in [-0.4, -0.2) is 5.97 Å². The summed E-state index contributed by atoms with van der Waals surface area (Å²) < 4.78 is 5.44. The zero-order valence-electron chi connectivity index (χ0n) is 13.3. The molecule has 3 aromatic carbocycles. The Bertz CT molecular complexity index is 965. The second-order valence-electron chi connectivity index (χ2n) is 5.46. The Balaban J connectivity index is 1.64. The number of fused-ring (bicyclic) bond motifs is 2. The van der Waals surface area contributed by atoms with Gasteiger partial charge in [-0.3, -0.25) is 0 Å². The molecule has 0 N–H and O–H groups in total. The smallest absolute Gasteiger partial charge is 0.343 e. The van der Waals surface area contributed by atoms with Crippen molar-refractivity contribution < 1.29 is 9.53 Å².